The molecule has 0 bridgehead atoms. The Morgan fingerprint density at radius 2 is 1.81 bits per heavy atom. The molecule has 0 N–H and O–H groups in total. The molecule has 4 rings (SSSR count). The lowest BCUT2D eigenvalue weighted by molar-refractivity contribution is -0.363. The Morgan fingerprint density at radius 1 is 1.11 bits per heavy atom. The van der Waals surface area contributed by atoms with E-state index in [0.29, 0.717) is 33.6 Å². The highest BCUT2D eigenvalue weighted by Crippen LogP contribution is 2.46. The van der Waals surface area contributed by atoms with Crippen molar-refractivity contribution in [3.63, 3.8) is 0 Å². The molecule has 7 heteroatoms. The van der Waals surface area contributed by atoms with Gasteiger partial charge in [0.1, 0.15) is 11.5 Å². The maximum atomic E-state index is 15.6. The molecule has 3 nitrogen and oxygen atoms in total. The molecule has 2 aliphatic rings. The molecule has 0 atom stereocenters. The van der Waals surface area contributed by atoms with Crippen LogP contribution in [0.1, 0.15) is 36.4 Å². The van der Waals surface area contributed by atoms with Crippen molar-refractivity contribution in [2.24, 2.45) is 0 Å². The van der Waals surface area contributed by atoms with Gasteiger partial charge in [0, 0.05) is 34.9 Å². The molecule has 0 saturated carbocycles. The van der Waals surface area contributed by atoms with Gasteiger partial charge in [0.2, 0.25) is 0 Å². The van der Waals surface area contributed by atoms with Gasteiger partial charge in [-0.2, -0.15) is 0 Å². The highest BCUT2D eigenvalue weighted by atomic mass is 35.5. The first-order chi connectivity index (χ1) is 12.7. The number of hydrogen-bond donors (Lipinski definition) is 0. The normalized spacial score (nSPS) is 17.9. The minimum atomic E-state index is -3.98. The van der Waals surface area contributed by atoms with Crippen molar-refractivity contribution in [3.05, 3.63) is 69.1 Å². The maximum Gasteiger partial charge on any atom is 0.737 e. The van der Waals surface area contributed by atoms with Gasteiger partial charge in [-0.05, 0) is 56.3 Å². The second-order valence-electron chi connectivity index (χ2n) is 7.18. The van der Waals surface area contributed by atoms with Crippen LogP contribution in [0.25, 0.3) is 5.57 Å². The summed E-state index contributed by atoms with van der Waals surface area (Å²) in [6.07, 6.45) is 1.81. The fourth-order valence-electron chi connectivity index (χ4n) is 4.43. The summed E-state index contributed by atoms with van der Waals surface area (Å²) in [5.74, 6) is 0.560. The number of fused-ring (bicyclic) bond motifs is 2. The molecule has 140 valence electrons. The van der Waals surface area contributed by atoms with Crippen molar-refractivity contribution in [2.45, 2.75) is 27.7 Å². The number of aromatic nitrogens is 1. The third-order valence-corrected chi connectivity index (χ3v) is 5.60. The molecule has 2 aliphatic heterocycles. The lowest BCUT2D eigenvalue weighted by atomic mass is 9.83. The van der Waals surface area contributed by atoms with Gasteiger partial charge in [-0.25, -0.2) is 0 Å². The van der Waals surface area contributed by atoms with Gasteiger partial charge in [-0.1, -0.05) is 11.6 Å². The predicted octanol–water partition coefficient (Wildman–Crippen LogP) is 5.20. The smallest absolute Gasteiger partial charge is 0.496 e. The first-order valence-corrected chi connectivity index (χ1v) is 9.17. The van der Waals surface area contributed by atoms with E-state index in [1.807, 2.05) is 32.1 Å². The Labute approximate surface area is 162 Å². The van der Waals surface area contributed by atoms with Crippen LogP contribution < -0.4 is 4.74 Å². The molecule has 0 radical (unpaired) electrons. The van der Waals surface area contributed by atoms with Crippen LogP contribution in [0, 0.1) is 13.8 Å². The quantitative estimate of drug-likeness (QED) is 0.647. The number of allylic oxidation sites excluding steroid dienone is 2. The number of hydrogen-bond acceptors (Lipinski definition) is 1. The van der Waals surface area contributed by atoms with Crippen molar-refractivity contribution in [2.75, 3.05) is 7.11 Å². The highest BCUT2D eigenvalue weighted by molar-refractivity contribution is 6.58. The summed E-state index contributed by atoms with van der Waals surface area (Å²) in [6.45, 7) is 3.20. The van der Waals surface area contributed by atoms with Gasteiger partial charge in [-0.15, -0.1) is 0 Å². The van der Waals surface area contributed by atoms with Gasteiger partial charge in [0.25, 0.3) is 0 Å². The summed E-state index contributed by atoms with van der Waals surface area (Å²) >= 11 is 6.13. The second-order valence-corrected chi connectivity index (χ2v) is 7.62. The molecule has 0 unspecified atom stereocenters. The molecule has 0 aliphatic carbocycles. The van der Waals surface area contributed by atoms with Crippen molar-refractivity contribution in [3.8, 4) is 5.75 Å². The molecular formula is C20H20BClF2N2O. The number of nitrogens with zero attached hydrogens (tertiary/aromatic N) is 2. The molecule has 1 aromatic heterocycles. The SMILES string of the molecule is COc1cc(Cl)ccc1C1=C2C(C)=CC(C)=[N+]2[B-](F)(F)n2c(C)cc(C)c21. The van der Waals surface area contributed by atoms with Crippen molar-refractivity contribution < 1.29 is 17.9 Å². The summed E-state index contributed by atoms with van der Waals surface area (Å²) in [5.41, 5.74) is 5.25. The molecule has 0 amide bonds. The molecule has 1 aromatic carbocycles. The number of ether oxygens (including phenoxy) is 1. The largest absolute Gasteiger partial charge is 0.737 e. The lowest BCUT2D eigenvalue weighted by Gasteiger charge is -2.34. The Kier molecular flexibility index (Phi) is 3.90. The fourth-order valence-corrected chi connectivity index (χ4v) is 4.59. The zero-order valence-corrected chi connectivity index (χ0v) is 16.7. The Balaban J connectivity index is 2.19. The summed E-state index contributed by atoms with van der Waals surface area (Å²) in [4.78, 5) is 0. The summed E-state index contributed by atoms with van der Waals surface area (Å²) in [6, 6.07) is 7.12. The van der Waals surface area contributed by atoms with E-state index >= 15 is 8.63 Å². The van der Waals surface area contributed by atoms with E-state index < -0.39 is 6.97 Å². The van der Waals surface area contributed by atoms with Crippen LogP contribution in [0.3, 0.4) is 0 Å². The zero-order valence-electron chi connectivity index (χ0n) is 15.9. The molecule has 2 aromatic rings. The summed E-state index contributed by atoms with van der Waals surface area (Å²) < 4.78 is 39.1. The Bertz CT molecular complexity index is 1100. The average molecular weight is 389 g/mol. The number of aryl methyl sites for hydroxylation is 2. The fraction of sp³-hybridized carbons (Fsp3) is 0.250. The number of benzene rings is 1. The lowest BCUT2D eigenvalue weighted by Crippen LogP contribution is -2.51. The minimum absolute atomic E-state index is 0.534. The van der Waals surface area contributed by atoms with Crippen molar-refractivity contribution in [1.29, 1.82) is 0 Å². The number of methoxy groups -OCH3 is 1. The van der Waals surface area contributed by atoms with E-state index in [9.17, 15) is 0 Å². The maximum absolute atomic E-state index is 15.6. The van der Waals surface area contributed by atoms with Gasteiger partial charge >= 0.3 is 6.97 Å². The van der Waals surface area contributed by atoms with Crippen LogP contribution in [-0.4, -0.2) is 28.8 Å². The Hall–Kier alpha value is -2.34. The monoisotopic (exact) mass is 388 g/mol. The predicted molar refractivity (Wildman–Crippen MR) is 106 cm³/mol. The molecule has 0 saturated heterocycles. The summed E-state index contributed by atoms with van der Waals surface area (Å²) in [7, 11) is 1.56. The van der Waals surface area contributed by atoms with Crippen LogP contribution in [0.4, 0.5) is 8.63 Å². The van der Waals surface area contributed by atoms with E-state index in [2.05, 4.69) is 0 Å². The van der Waals surface area contributed by atoms with Gasteiger partial charge < -0.3 is 22.3 Å². The third kappa shape index (κ3) is 2.36. The highest BCUT2D eigenvalue weighted by Gasteiger charge is 2.55. The third-order valence-electron chi connectivity index (χ3n) is 5.37. The molecular weight excluding hydrogens is 368 g/mol. The van der Waals surface area contributed by atoms with Gasteiger partial charge in [-0.3, -0.25) is 0 Å². The number of rotatable bonds is 2. The zero-order chi connectivity index (χ0) is 19.7. The standard InChI is InChI=1S/C20H20BClF2N2O/c1-11-8-13(3)25-19(11)18(16-7-6-15(22)10-17(16)27-5)20-12(2)9-14(4)26(20)21(25,23)24/h6-10H,1-5H3. The van der Waals surface area contributed by atoms with Crippen LogP contribution in [0.2, 0.25) is 5.02 Å². The van der Waals surface area contributed by atoms with E-state index in [-0.39, 0.29) is 0 Å². The van der Waals surface area contributed by atoms with Crippen LogP contribution in [-0.2, 0) is 0 Å². The number of halogens is 3. The van der Waals surface area contributed by atoms with Crippen LogP contribution in [0.15, 0.2) is 41.6 Å². The van der Waals surface area contributed by atoms with E-state index in [4.69, 9.17) is 16.3 Å². The van der Waals surface area contributed by atoms with E-state index in [1.165, 1.54) is 8.96 Å². The molecule has 27 heavy (non-hydrogen) atoms. The topological polar surface area (TPSA) is 17.2 Å². The summed E-state index contributed by atoms with van der Waals surface area (Å²) in [5, 5.41) is 0.535. The second kappa shape index (κ2) is 5.83. The van der Waals surface area contributed by atoms with Crippen molar-refractivity contribution in [1.82, 2.24) is 4.48 Å². The molecule has 0 fully saturated rings. The van der Waals surface area contributed by atoms with Gasteiger partial charge in [0.05, 0.1) is 12.7 Å². The van der Waals surface area contributed by atoms with Crippen LogP contribution >= 0.6 is 11.6 Å². The molecule has 3 heterocycles. The van der Waals surface area contributed by atoms with E-state index in [1.54, 1.807) is 33.1 Å². The van der Waals surface area contributed by atoms with Crippen molar-refractivity contribution >= 4 is 29.9 Å². The molecule has 0 spiro atoms. The van der Waals surface area contributed by atoms with Crippen LogP contribution in [0.5, 0.6) is 5.75 Å². The first-order valence-electron chi connectivity index (χ1n) is 8.79. The Morgan fingerprint density at radius 3 is 2.48 bits per heavy atom. The first kappa shape index (κ1) is 18.0. The van der Waals surface area contributed by atoms with Gasteiger partial charge in [0.15, 0.2) is 5.70 Å². The van der Waals surface area contributed by atoms with E-state index in [0.717, 1.165) is 22.3 Å². The average Bonchev–Trinajstić information content (AvgIpc) is 3.06. The minimum Gasteiger partial charge on any atom is -0.496 e.